The van der Waals surface area contributed by atoms with Crippen molar-refractivity contribution in [2.75, 3.05) is 6.54 Å². The predicted octanol–water partition coefficient (Wildman–Crippen LogP) is 3.28. The number of para-hydroxylation sites is 1. The van der Waals surface area contributed by atoms with Crippen molar-refractivity contribution in [1.29, 1.82) is 0 Å². The minimum atomic E-state index is -0.0364. The molecule has 0 atom stereocenters. The third-order valence-electron chi connectivity index (χ3n) is 4.21. The number of hydrogen-bond donors (Lipinski definition) is 1. The molecule has 0 spiro atoms. The maximum absolute atomic E-state index is 12.0. The molecule has 8 heteroatoms. The van der Waals surface area contributed by atoms with Gasteiger partial charge in [-0.05, 0) is 35.6 Å². The van der Waals surface area contributed by atoms with Gasteiger partial charge in [0.1, 0.15) is 0 Å². The Morgan fingerprint density at radius 1 is 1.18 bits per heavy atom. The Labute approximate surface area is 166 Å². The van der Waals surface area contributed by atoms with Gasteiger partial charge >= 0.3 is 0 Å². The summed E-state index contributed by atoms with van der Waals surface area (Å²) in [6.45, 7) is 0.559. The Morgan fingerprint density at radius 2 is 2.07 bits per heavy atom. The smallest absolute Gasteiger partial charge is 0.227 e. The lowest BCUT2D eigenvalue weighted by Crippen LogP contribution is -2.25. The molecule has 0 aliphatic carbocycles. The van der Waals surface area contributed by atoms with Crippen molar-refractivity contribution >= 4 is 17.2 Å². The number of aryl methyl sites for hydroxylation is 1. The van der Waals surface area contributed by atoms with E-state index in [-0.39, 0.29) is 5.91 Å². The molecular formula is C20H19N5O2S. The van der Waals surface area contributed by atoms with Crippen LogP contribution in [0.15, 0.2) is 64.1 Å². The molecule has 4 aromatic rings. The van der Waals surface area contributed by atoms with E-state index in [1.54, 1.807) is 11.3 Å². The van der Waals surface area contributed by atoms with E-state index in [1.807, 2.05) is 64.2 Å². The summed E-state index contributed by atoms with van der Waals surface area (Å²) < 4.78 is 7.04. The average molecular weight is 393 g/mol. The monoisotopic (exact) mass is 393 g/mol. The summed E-state index contributed by atoms with van der Waals surface area (Å²) in [6.07, 6.45) is 5.26. The van der Waals surface area contributed by atoms with E-state index in [0.29, 0.717) is 31.1 Å². The van der Waals surface area contributed by atoms with E-state index in [0.717, 1.165) is 23.2 Å². The van der Waals surface area contributed by atoms with Crippen LogP contribution in [-0.2, 0) is 17.6 Å². The van der Waals surface area contributed by atoms with Gasteiger partial charge in [0.15, 0.2) is 0 Å². The van der Waals surface area contributed by atoms with E-state index in [1.165, 1.54) is 0 Å². The van der Waals surface area contributed by atoms with E-state index in [9.17, 15) is 4.79 Å². The van der Waals surface area contributed by atoms with Crippen LogP contribution in [0.25, 0.3) is 17.1 Å². The van der Waals surface area contributed by atoms with Crippen LogP contribution in [0.2, 0.25) is 0 Å². The topological polar surface area (TPSA) is 85.8 Å². The first kappa shape index (κ1) is 18.1. The number of hydrogen-bond acceptors (Lipinski definition) is 6. The van der Waals surface area contributed by atoms with Gasteiger partial charge in [0.2, 0.25) is 17.6 Å². The van der Waals surface area contributed by atoms with Crippen LogP contribution in [0.5, 0.6) is 0 Å². The number of rotatable bonds is 8. The lowest BCUT2D eigenvalue weighted by Gasteiger charge is -2.03. The molecule has 0 bridgehead atoms. The van der Waals surface area contributed by atoms with Crippen LogP contribution in [0.1, 0.15) is 17.9 Å². The van der Waals surface area contributed by atoms with E-state index in [4.69, 9.17) is 4.52 Å². The van der Waals surface area contributed by atoms with Gasteiger partial charge in [-0.3, -0.25) is 4.79 Å². The number of nitrogens with one attached hydrogen (secondary N) is 1. The minimum absolute atomic E-state index is 0.0364. The molecule has 0 unspecified atom stereocenters. The van der Waals surface area contributed by atoms with Crippen molar-refractivity contribution in [3.63, 3.8) is 0 Å². The number of thiophene rings is 1. The number of nitrogens with zero attached hydrogens (tertiary/aromatic N) is 4. The summed E-state index contributed by atoms with van der Waals surface area (Å²) in [6, 6.07) is 11.9. The van der Waals surface area contributed by atoms with Gasteiger partial charge in [-0.25, -0.2) is 4.68 Å². The summed E-state index contributed by atoms with van der Waals surface area (Å²) in [5, 5.41) is 15.1. The van der Waals surface area contributed by atoms with Crippen molar-refractivity contribution in [3.8, 4) is 17.1 Å². The zero-order valence-corrected chi connectivity index (χ0v) is 15.9. The first-order chi connectivity index (χ1) is 13.8. The molecule has 3 aromatic heterocycles. The summed E-state index contributed by atoms with van der Waals surface area (Å²) in [4.78, 5) is 16.4. The molecule has 28 heavy (non-hydrogen) atoms. The SMILES string of the molecule is O=C(CCc1nc(-c2ccsc2)no1)NCCc1cnn(-c2ccccc2)c1. The number of amides is 1. The van der Waals surface area contributed by atoms with Gasteiger partial charge in [-0.15, -0.1) is 0 Å². The Hall–Kier alpha value is -3.26. The summed E-state index contributed by atoms with van der Waals surface area (Å²) in [5.41, 5.74) is 3.01. The summed E-state index contributed by atoms with van der Waals surface area (Å²) in [7, 11) is 0. The molecule has 7 nitrogen and oxygen atoms in total. The predicted molar refractivity (Wildman–Crippen MR) is 106 cm³/mol. The number of benzene rings is 1. The Kier molecular flexibility index (Phi) is 5.58. The molecule has 3 heterocycles. The first-order valence-electron chi connectivity index (χ1n) is 8.99. The van der Waals surface area contributed by atoms with Crippen LogP contribution in [0.4, 0.5) is 0 Å². The van der Waals surface area contributed by atoms with Gasteiger partial charge in [-0.2, -0.15) is 21.4 Å². The van der Waals surface area contributed by atoms with E-state index >= 15 is 0 Å². The fourth-order valence-electron chi connectivity index (χ4n) is 2.73. The maximum Gasteiger partial charge on any atom is 0.227 e. The summed E-state index contributed by atoms with van der Waals surface area (Å²) >= 11 is 1.58. The van der Waals surface area contributed by atoms with E-state index in [2.05, 4.69) is 20.6 Å². The zero-order valence-electron chi connectivity index (χ0n) is 15.1. The molecule has 1 aromatic carbocycles. The Bertz CT molecular complexity index is 1020. The molecular weight excluding hydrogens is 374 g/mol. The number of carbonyl (C=O) groups excluding carboxylic acids is 1. The lowest BCUT2D eigenvalue weighted by atomic mass is 10.2. The highest BCUT2D eigenvalue weighted by molar-refractivity contribution is 7.08. The fourth-order valence-corrected chi connectivity index (χ4v) is 3.37. The van der Waals surface area contributed by atoms with Gasteiger partial charge < -0.3 is 9.84 Å². The zero-order chi connectivity index (χ0) is 19.2. The van der Waals surface area contributed by atoms with Crippen LogP contribution < -0.4 is 5.32 Å². The van der Waals surface area contributed by atoms with Gasteiger partial charge in [0, 0.05) is 36.5 Å². The quantitative estimate of drug-likeness (QED) is 0.496. The third-order valence-corrected chi connectivity index (χ3v) is 4.89. The van der Waals surface area contributed by atoms with Crippen molar-refractivity contribution < 1.29 is 9.32 Å². The average Bonchev–Trinajstić information content (AvgIpc) is 3.48. The van der Waals surface area contributed by atoms with Crippen LogP contribution in [0, 0.1) is 0 Å². The highest BCUT2D eigenvalue weighted by Crippen LogP contribution is 2.19. The van der Waals surface area contributed by atoms with Crippen molar-refractivity contribution in [2.24, 2.45) is 0 Å². The highest BCUT2D eigenvalue weighted by atomic mass is 32.1. The highest BCUT2D eigenvalue weighted by Gasteiger charge is 2.11. The molecule has 0 fully saturated rings. The minimum Gasteiger partial charge on any atom is -0.356 e. The second-order valence-corrected chi connectivity index (χ2v) is 7.03. The Balaban J connectivity index is 1.21. The van der Waals surface area contributed by atoms with Gasteiger partial charge in [0.05, 0.1) is 11.9 Å². The Morgan fingerprint density at radius 3 is 2.89 bits per heavy atom. The van der Waals surface area contributed by atoms with Crippen molar-refractivity contribution in [2.45, 2.75) is 19.3 Å². The molecule has 0 saturated heterocycles. The van der Waals surface area contributed by atoms with Crippen LogP contribution >= 0.6 is 11.3 Å². The van der Waals surface area contributed by atoms with E-state index < -0.39 is 0 Å². The van der Waals surface area contributed by atoms with Gasteiger partial charge in [-0.1, -0.05) is 23.4 Å². The molecule has 1 N–H and O–H groups in total. The second kappa shape index (κ2) is 8.62. The number of carbonyl (C=O) groups is 1. The fraction of sp³-hybridized carbons (Fsp3) is 0.200. The standard InChI is InChI=1S/C20H19N5O2S/c26-18(6-7-19-23-20(24-27-19)16-9-11-28-14-16)21-10-8-15-12-22-25(13-15)17-4-2-1-3-5-17/h1-5,9,11-14H,6-8,10H2,(H,21,26). The molecule has 0 saturated carbocycles. The molecule has 0 aliphatic heterocycles. The lowest BCUT2D eigenvalue weighted by molar-refractivity contribution is -0.121. The molecule has 142 valence electrons. The third kappa shape index (κ3) is 4.52. The summed E-state index contributed by atoms with van der Waals surface area (Å²) in [5.74, 6) is 0.998. The molecule has 1 amide bonds. The van der Waals surface area contributed by atoms with Gasteiger partial charge in [0.25, 0.3) is 0 Å². The first-order valence-corrected chi connectivity index (χ1v) is 9.93. The van der Waals surface area contributed by atoms with Crippen molar-refractivity contribution in [3.05, 3.63) is 71.0 Å². The second-order valence-electron chi connectivity index (χ2n) is 6.25. The maximum atomic E-state index is 12.0. The largest absolute Gasteiger partial charge is 0.356 e. The normalized spacial score (nSPS) is 10.9. The number of aromatic nitrogens is 4. The molecule has 0 aliphatic rings. The van der Waals surface area contributed by atoms with Crippen molar-refractivity contribution in [1.82, 2.24) is 25.2 Å². The molecule has 4 rings (SSSR count). The van der Waals surface area contributed by atoms with Crippen LogP contribution in [0.3, 0.4) is 0 Å². The van der Waals surface area contributed by atoms with Crippen LogP contribution in [-0.4, -0.2) is 32.4 Å². The molecule has 0 radical (unpaired) electrons.